The molecule has 4 rings (SSSR count). The fourth-order valence-electron chi connectivity index (χ4n) is 2.87. The zero-order valence-corrected chi connectivity index (χ0v) is 16.7. The van der Waals surface area contributed by atoms with Crippen molar-refractivity contribution in [1.29, 1.82) is 0 Å². The highest BCUT2D eigenvalue weighted by Gasteiger charge is 2.13. The number of pyridine rings is 2. The summed E-state index contributed by atoms with van der Waals surface area (Å²) in [7, 11) is 1.57. The van der Waals surface area contributed by atoms with Crippen LogP contribution in [0.5, 0.6) is 17.2 Å². The molecule has 4 aromatic rings. The monoisotopic (exact) mass is 406 g/mol. The molecule has 8 heteroatoms. The van der Waals surface area contributed by atoms with Gasteiger partial charge in [-0.25, -0.2) is 4.98 Å². The number of hydrogen-bond acceptors (Lipinski definition) is 7. The zero-order chi connectivity index (χ0) is 20.2. The van der Waals surface area contributed by atoms with Crippen molar-refractivity contribution in [2.45, 2.75) is 13.3 Å². The molecule has 29 heavy (non-hydrogen) atoms. The van der Waals surface area contributed by atoms with Crippen LogP contribution in [0.15, 0.2) is 54.3 Å². The molecule has 1 amide bonds. The lowest BCUT2D eigenvalue weighted by Crippen LogP contribution is -2.14. The van der Waals surface area contributed by atoms with Gasteiger partial charge in [-0.1, -0.05) is 6.07 Å². The van der Waals surface area contributed by atoms with Crippen molar-refractivity contribution in [3.63, 3.8) is 0 Å². The number of rotatable bonds is 6. The number of carbonyl (C=O) groups is 1. The number of hydrogen-bond donors (Lipinski definition) is 1. The lowest BCUT2D eigenvalue weighted by Gasteiger charge is -2.12. The predicted molar refractivity (Wildman–Crippen MR) is 112 cm³/mol. The van der Waals surface area contributed by atoms with Gasteiger partial charge in [0.2, 0.25) is 5.91 Å². The Bertz CT molecular complexity index is 1170. The third-order valence-electron chi connectivity index (χ3n) is 4.21. The minimum atomic E-state index is -0.154. The van der Waals surface area contributed by atoms with Crippen LogP contribution in [0.1, 0.15) is 11.3 Å². The average molecular weight is 406 g/mol. The van der Waals surface area contributed by atoms with Gasteiger partial charge in [0.1, 0.15) is 17.2 Å². The Labute approximate surface area is 171 Å². The minimum absolute atomic E-state index is 0.154. The highest BCUT2D eigenvalue weighted by Crippen LogP contribution is 2.32. The maximum Gasteiger partial charge on any atom is 0.230 e. The van der Waals surface area contributed by atoms with Crippen LogP contribution in [0.4, 0.5) is 5.13 Å². The first-order chi connectivity index (χ1) is 14.1. The summed E-state index contributed by atoms with van der Waals surface area (Å²) in [4.78, 5) is 24.9. The predicted octanol–water partition coefficient (Wildman–Crippen LogP) is 4.38. The lowest BCUT2D eigenvalue weighted by atomic mass is 10.1. The van der Waals surface area contributed by atoms with Crippen molar-refractivity contribution < 1.29 is 14.3 Å². The minimum Gasteiger partial charge on any atom is -0.496 e. The van der Waals surface area contributed by atoms with Crippen LogP contribution < -0.4 is 14.8 Å². The Balaban J connectivity index is 1.52. The van der Waals surface area contributed by atoms with E-state index >= 15 is 0 Å². The molecule has 1 aromatic carbocycles. The summed E-state index contributed by atoms with van der Waals surface area (Å²) in [5, 5.41) is 6.15. The summed E-state index contributed by atoms with van der Waals surface area (Å²) in [6, 6.07) is 9.06. The standard InChI is InChI=1S/C21H18N4O3S/c1-13-12-29-21(24-13)25-20(26)9-14-3-4-15(10-19(14)27-2)28-18-6-8-23-17-11-22-7-5-16(17)18/h3-8,10-12H,9H2,1-2H3,(H,24,25,26). The number of ether oxygens (including phenoxy) is 2. The smallest absolute Gasteiger partial charge is 0.230 e. The number of amides is 1. The average Bonchev–Trinajstić information content (AvgIpc) is 3.13. The molecule has 0 radical (unpaired) electrons. The molecule has 1 N–H and O–H groups in total. The van der Waals surface area contributed by atoms with E-state index in [9.17, 15) is 4.79 Å². The highest BCUT2D eigenvalue weighted by molar-refractivity contribution is 7.13. The van der Waals surface area contributed by atoms with Crippen LogP contribution in [0, 0.1) is 6.92 Å². The zero-order valence-electron chi connectivity index (χ0n) is 15.9. The van der Waals surface area contributed by atoms with Crippen LogP contribution in [0.2, 0.25) is 0 Å². The van der Waals surface area contributed by atoms with Crippen molar-refractivity contribution in [2.24, 2.45) is 0 Å². The molecule has 0 fully saturated rings. The summed E-state index contributed by atoms with van der Waals surface area (Å²) in [6.07, 6.45) is 5.24. The van der Waals surface area contributed by atoms with Crippen LogP contribution in [-0.4, -0.2) is 28.0 Å². The van der Waals surface area contributed by atoms with Crippen molar-refractivity contribution >= 4 is 33.3 Å². The molecule has 7 nitrogen and oxygen atoms in total. The van der Waals surface area contributed by atoms with Crippen molar-refractivity contribution in [3.05, 3.63) is 65.6 Å². The Hall–Kier alpha value is -3.52. The van der Waals surface area contributed by atoms with Gasteiger partial charge in [0.25, 0.3) is 0 Å². The second kappa shape index (κ2) is 8.24. The molecule has 146 valence electrons. The van der Waals surface area contributed by atoms with Gasteiger partial charge in [-0.05, 0) is 25.1 Å². The van der Waals surface area contributed by atoms with Crippen molar-refractivity contribution in [1.82, 2.24) is 15.0 Å². The number of anilines is 1. The molecule has 0 saturated carbocycles. The summed E-state index contributed by atoms with van der Waals surface area (Å²) in [5.74, 6) is 1.70. The summed E-state index contributed by atoms with van der Waals surface area (Å²) >= 11 is 1.40. The molecule has 0 aliphatic carbocycles. The molecule has 3 aromatic heterocycles. The molecule has 0 bridgehead atoms. The van der Waals surface area contributed by atoms with E-state index in [0.717, 1.165) is 22.2 Å². The SMILES string of the molecule is COc1cc(Oc2ccnc3cnccc23)ccc1CC(=O)Nc1nc(C)cs1. The maximum atomic E-state index is 12.3. The molecule has 0 aliphatic rings. The number of aromatic nitrogens is 3. The van der Waals surface area contributed by atoms with Crippen LogP contribution in [0.3, 0.4) is 0 Å². The summed E-state index contributed by atoms with van der Waals surface area (Å²) in [5.41, 5.74) is 2.39. The maximum absolute atomic E-state index is 12.3. The Morgan fingerprint density at radius 2 is 2.07 bits per heavy atom. The van der Waals surface area contributed by atoms with Gasteiger partial charge in [0.05, 0.1) is 30.9 Å². The number of thiazole rings is 1. The van der Waals surface area contributed by atoms with Gasteiger partial charge >= 0.3 is 0 Å². The Morgan fingerprint density at radius 3 is 2.86 bits per heavy atom. The molecule has 0 spiro atoms. The van der Waals surface area contributed by atoms with Gasteiger partial charge in [0, 0.05) is 34.8 Å². The second-order valence-electron chi connectivity index (χ2n) is 6.30. The molecule has 0 saturated heterocycles. The number of nitrogens with zero attached hydrogens (tertiary/aromatic N) is 3. The first kappa shape index (κ1) is 18.8. The summed E-state index contributed by atoms with van der Waals surface area (Å²) in [6.45, 7) is 1.89. The van der Waals surface area contributed by atoms with Crippen LogP contribution in [0.25, 0.3) is 10.9 Å². The molecule has 0 atom stereocenters. The van der Waals surface area contributed by atoms with E-state index in [0.29, 0.717) is 22.4 Å². The topological polar surface area (TPSA) is 86.2 Å². The van der Waals surface area contributed by atoms with Gasteiger partial charge in [-0.15, -0.1) is 11.3 Å². The third-order valence-corrected chi connectivity index (χ3v) is 5.08. The van der Waals surface area contributed by atoms with Crippen molar-refractivity contribution in [2.75, 3.05) is 12.4 Å². The van der Waals surface area contributed by atoms with E-state index in [4.69, 9.17) is 9.47 Å². The molecule has 0 aliphatic heterocycles. The number of carbonyl (C=O) groups excluding carboxylic acids is 1. The largest absolute Gasteiger partial charge is 0.496 e. The third kappa shape index (κ3) is 4.33. The normalized spacial score (nSPS) is 10.7. The van der Waals surface area contributed by atoms with Gasteiger partial charge in [0.15, 0.2) is 5.13 Å². The fourth-order valence-corrected chi connectivity index (χ4v) is 3.57. The van der Waals surface area contributed by atoms with Crippen molar-refractivity contribution in [3.8, 4) is 17.2 Å². The Morgan fingerprint density at radius 1 is 1.17 bits per heavy atom. The van der Waals surface area contributed by atoms with E-state index < -0.39 is 0 Å². The quantitative estimate of drug-likeness (QED) is 0.511. The Kier molecular flexibility index (Phi) is 5.35. The summed E-state index contributed by atoms with van der Waals surface area (Å²) < 4.78 is 11.5. The number of benzene rings is 1. The number of fused-ring (bicyclic) bond motifs is 1. The van der Waals surface area contributed by atoms with E-state index in [1.54, 1.807) is 37.8 Å². The lowest BCUT2D eigenvalue weighted by molar-refractivity contribution is -0.115. The molecular formula is C21H18N4O3S. The number of aryl methyl sites for hydroxylation is 1. The van der Waals surface area contributed by atoms with E-state index in [1.165, 1.54) is 11.3 Å². The fraction of sp³-hybridized carbons (Fsp3) is 0.143. The molecule has 0 unspecified atom stereocenters. The highest BCUT2D eigenvalue weighted by atomic mass is 32.1. The number of nitrogens with one attached hydrogen (secondary N) is 1. The first-order valence-electron chi connectivity index (χ1n) is 8.88. The molecular weight excluding hydrogens is 388 g/mol. The van der Waals surface area contributed by atoms with Gasteiger partial charge < -0.3 is 14.8 Å². The van der Waals surface area contributed by atoms with E-state index in [2.05, 4.69) is 20.3 Å². The van der Waals surface area contributed by atoms with E-state index in [-0.39, 0.29) is 12.3 Å². The second-order valence-corrected chi connectivity index (χ2v) is 7.15. The number of methoxy groups -OCH3 is 1. The molecule has 3 heterocycles. The van der Waals surface area contributed by atoms with E-state index in [1.807, 2.05) is 30.5 Å². The van der Waals surface area contributed by atoms with Crippen LogP contribution in [-0.2, 0) is 11.2 Å². The van der Waals surface area contributed by atoms with Crippen LogP contribution >= 0.6 is 11.3 Å². The first-order valence-corrected chi connectivity index (χ1v) is 9.76. The van der Waals surface area contributed by atoms with Gasteiger partial charge in [-0.3, -0.25) is 14.8 Å². The van der Waals surface area contributed by atoms with Gasteiger partial charge in [-0.2, -0.15) is 0 Å².